The molecule has 1 heterocycles. The van der Waals surface area contributed by atoms with E-state index in [2.05, 4.69) is 31.3 Å². The third kappa shape index (κ3) is 21.7. The number of unbranched alkanes of at least 4 members (excludes halogenated alkanes) is 19. The highest BCUT2D eigenvalue weighted by Gasteiger charge is 2.44. The van der Waals surface area contributed by atoms with Gasteiger partial charge in [-0.05, 0) is 38.5 Å². The van der Waals surface area contributed by atoms with E-state index in [0.29, 0.717) is 6.42 Å². The van der Waals surface area contributed by atoms with Crippen LogP contribution in [-0.4, -0.2) is 87.5 Å². The highest BCUT2D eigenvalue weighted by molar-refractivity contribution is 5.76. The zero-order valence-electron chi connectivity index (χ0n) is 30.5. The molecule has 0 aromatic rings. The molecule has 0 aromatic carbocycles. The molecule has 1 aliphatic heterocycles. The molecule has 9 nitrogen and oxygen atoms in total. The molecule has 1 saturated heterocycles. The Labute approximate surface area is 292 Å². The molecule has 0 spiro atoms. The Bertz CT molecular complexity index is 807. The van der Waals surface area contributed by atoms with E-state index in [-0.39, 0.29) is 12.5 Å². The highest BCUT2D eigenvalue weighted by atomic mass is 16.7. The molecule has 48 heavy (non-hydrogen) atoms. The number of rotatable bonds is 31. The number of amides is 1. The van der Waals surface area contributed by atoms with Crippen LogP contribution in [0.25, 0.3) is 0 Å². The maximum Gasteiger partial charge on any atom is 0.220 e. The molecule has 0 aliphatic carbocycles. The van der Waals surface area contributed by atoms with Crippen molar-refractivity contribution < 1.29 is 39.8 Å². The Balaban J connectivity index is 2.46. The van der Waals surface area contributed by atoms with Crippen molar-refractivity contribution in [3.63, 3.8) is 0 Å². The molecule has 1 aliphatic rings. The minimum atomic E-state index is -1.56. The van der Waals surface area contributed by atoms with Crippen LogP contribution >= 0.6 is 0 Å². The van der Waals surface area contributed by atoms with Crippen LogP contribution in [-0.2, 0) is 14.3 Å². The molecule has 1 fully saturated rings. The van der Waals surface area contributed by atoms with Crippen molar-refractivity contribution in [1.29, 1.82) is 0 Å². The van der Waals surface area contributed by atoms with Gasteiger partial charge in [0.2, 0.25) is 5.91 Å². The predicted octanol–water partition coefficient (Wildman–Crippen LogP) is 6.77. The van der Waals surface area contributed by atoms with Crippen molar-refractivity contribution in [1.82, 2.24) is 5.32 Å². The number of allylic oxidation sites excluding steroid dienone is 3. The molecule has 9 heteroatoms. The van der Waals surface area contributed by atoms with E-state index in [9.17, 15) is 30.3 Å². The molecule has 6 N–H and O–H groups in total. The van der Waals surface area contributed by atoms with Gasteiger partial charge in [-0.3, -0.25) is 4.79 Å². The predicted molar refractivity (Wildman–Crippen MR) is 193 cm³/mol. The summed E-state index contributed by atoms with van der Waals surface area (Å²) in [6.07, 6.45) is 26.5. The molecule has 0 saturated carbocycles. The number of hydrogen-bond acceptors (Lipinski definition) is 8. The van der Waals surface area contributed by atoms with Crippen LogP contribution in [0.3, 0.4) is 0 Å². The zero-order valence-corrected chi connectivity index (χ0v) is 30.5. The Morgan fingerprint density at radius 3 is 1.75 bits per heavy atom. The Morgan fingerprint density at radius 1 is 0.688 bits per heavy atom. The van der Waals surface area contributed by atoms with E-state index in [4.69, 9.17) is 9.47 Å². The fraction of sp³-hybridized carbons (Fsp3) is 0.872. The smallest absolute Gasteiger partial charge is 0.220 e. The first-order valence-electron chi connectivity index (χ1n) is 19.6. The maximum absolute atomic E-state index is 12.8. The van der Waals surface area contributed by atoms with Crippen molar-refractivity contribution in [2.45, 2.75) is 204 Å². The number of carbonyl (C=O) groups excluding carboxylic acids is 1. The van der Waals surface area contributed by atoms with Crippen LogP contribution in [0.2, 0.25) is 0 Å². The molecular formula is C39H73NO8. The summed E-state index contributed by atoms with van der Waals surface area (Å²) in [6, 6.07) is -0.803. The van der Waals surface area contributed by atoms with Gasteiger partial charge in [0.05, 0.1) is 25.4 Å². The lowest BCUT2D eigenvalue weighted by molar-refractivity contribution is -0.302. The molecular weight excluding hydrogens is 610 g/mol. The second-order valence-corrected chi connectivity index (χ2v) is 13.7. The monoisotopic (exact) mass is 684 g/mol. The van der Waals surface area contributed by atoms with Gasteiger partial charge >= 0.3 is 0 Å². The standard InChI is InChI=1S/C39H73NO8/c1-3-5-7-9-11-13-15-16-17-19-20-22-24-26-28-33(42)32(31-47-39-38(46)37(45)36(44)34(30-41)48-39)40-35(43)29-27-25-23-21-18-14-12-10-8-6-4-2/h10,12,26,28,32-34,36-39,41-42,44-46H,3-9,11,13-25,27,29-31H2,1-2H3,(H,40,43)/b12-10-,28-26+. The lowest BCUT2D eigenvalue weighted by Crippen LogP contribution is -2.60. The van der Waals surface area contributed by atoms with Gasteiger partial charge in [-0.15, -0.1) is 0 Å². The number of carbonyl (C=O) groups is 1. The van der Waals surface area contributed by atoms with Crippen molar-refractivity contribution in [2.24, 2.45) is 0 Å². The summed E-state index contributed by atoms with van der Waals surface area (Å²) in [4.78, 5) is 12.8. The van der Waals surface area contributed by atoms with E-state index >= 15 is 0 Å². The molecule has 282 valence electrons. The summed E-state index contributed by atoms with van der Waals surface area (Å²) in [5.41, 5.74) is 0. The normalized spacial score (nSPS) is 22.9. The minimum Gasteiger partial charge on any atom is -0.394 e. The van der Waals surface area contributed by atoms with Gasteiger partial charge in [0.15, 0.2) is 6.29 Å². The fourth-order valence-electron chi connectivity index (χ4n) is 6.02. The Hall–Kier alpha value is -1.33. The summed E-state index contributed by atoms with van der Waals surface area (Å²) in [6.45, 7) is 3.70. The van der Waals surface area contributed by atoms with Crippen LogP contribution in [0, 0.1) is 0 Å². The van der Waals surface area contributed by atoms with Gasteiger partial charge in [0, 0.05) is 6.42 Å². The van der Waals surface area contributed by atoms with Crippen LogP contribution in [0.5, 0.6) is 0 Å². The first-order valence-corrected chi connectivity index (χ1v) is 19.6. The topological polar surface area (TPSA) is 149 Å². The number of nitrogens with one attached hydrogen (secondary N) is 1. The van der Waals surface area contributed by atoms with Crippen molar-refractivity contribution in [3.8, 4) is 0 Å². The van der Waals surface area contributed by atoms with E-state index in [1.54, 1.807) is 6.08 Å². The number of aliphatic hydroxyl groups is 5. The van der Waals surface area contributed by atoms with Crippen molar-refractivity contribution in [2.75, 3.05) is 13.2 Å². The largest absolute Gasteiger partial charge is 0.394 e. The third-order valence-electron chi connectivity index (χ3n) is 9.27. The summed E-state index contributed by atoms with van der Waals surface area (Å²) < 4.78 is 11.1. The maximum atomic E-state index is 12.8. The van der Waals surface area contributed by atoms with Gasteiger partial charge < -0.3 is 40.3 Å². The zero-order chi connectivity index (χ0) is 35.2. The quantitative estimate of drug-likeness (QED) is 0.0346. The Kier molecular flexibility index (Phi) is 28.4. The van der Waals surface area contributed by atoms with Crippen LogP contribution < -0.4 is 5.32 Å². The first-order chi connectivity index (χ1) is 23.3. The first kappa shape index (κ1) is 44.7. The highest BCUT2D eigenvalue weighted by Crippen LogP contribution is 2.22. The van der Waals surface area contributed by atoms with Gasteiger partial charge in [0.25, 0.3) is 0 Å². The summed E-state index contributed by atoms with van der Waals surface area (Å²) in [5, 5.41) is 53.9. The summed E-state index contributed by atoms with van der Waals surface area (Å²) in [7, 11) is 0. The van der Waals surface area contributed by atoms with Crippen LogP contribution in [0.1, 0.15) is 162 Å². The van der Waals surface area contributed by atoms with Crippen molar-refractivity contribution >= 4 is 5.91 Å². The second kappa shape index (κ2) is 30.5. The van der Waals surface area contributed by atoms with Gasteiger partial charge in [0.1, 0.15) is 24.4 Å². The molecule has 0 aromatic heterocycles. The minimum absolute atomic E-state index is 0.190. The van der Waals surface area contributed by atoms with E-state index in [1.165, 1.54) is 77.0 Å². The van der Waals surface area contributed by atoms with Gasteiger partial charge in [-0.1, -0.05) is 141 Å². The van der Waals surface area contributed by atoms with Crippen LogP contribution in [0.4, 0.5) is 0 Å². The summed E-state index contributed by atoms with van der Waals surface area (Å²) >= 11 is 0. The number of hydrogen-bond donors (Lipinski definition) is 6. The van der Waals surface area contributed by atoms with E-state index in [0.717, 1.165) is 64.2 Å². The average molecular weight is 684 g/mol. The average Bonchev–Trinajstić information content (AvgIpc) is 3.08. The van der Waals surface area contributed by atoms with Crippen molar-refractivity contribution in [3.05, 3.63) is 24.3 Å². The summed E-state index contributed by atoms with van der Waals surface area (Å²) in [5.74, 6) is -0.190. The van der Waals surface area contributed by atoms with Gasteiger partial charge in [-0.25, -0.2) is 0 Å². The van der Waals surface area contributed by atoms with Crippen LogP contribution in [0.15, 0.2) is 24.3 Å². The molecule has 1 rings (SSSR count). The lowest BCUT2D eigenvalue weighted by atomic mass is 9.99. The SMILES string of the molecule is CCCC/C=C\CCCCCCCC(=O)NC(COC1OC(CO)C(O)C(O)C1O)C(O)/C=C/CCCCCCCCCCCCCC. The lowest BCUT2D eigenvalue weighted by Gasteiger charge is -2.40. The Morgan fingerprint density at radius 2 is 1.19 bits per heavy atom. The van der Waals surface area contributed by atoms with E-state index < -0.39 is 49.5 Å². The molecule has 7 unspecified atom stereocenters. The van der Waals surface area contributed by atoms with Gasteiger partial charge in [-0.2, -0.15) is 0 Å². The van der Waals surface area contributed by atoms with E-state index in [1.807, 2.05) is 6.08 Å². The third-order valence-corrected chi connectivity index (χ3v) is 9.27. The molecule has 7 atom stereocenters. The molecule has 0 radical (unpaired) electrons. The number of ether oxygens (including phenoxy) is 2. The molecule has 1 amide bonds. The fourth-order valence-corrected chi connectivity index (χ4v) is 6.02. The molecule has 0 bridgehead atoms. The number of aliphatic hydroxyl groups excluding tert-OH is 5. The second-order valence-electron chi connectivity index (χ2n) is 13.7.